The molecular formula is C13H13ClFN3. The Hall–Kier alpha value is -1.65. The summed E-state index contributed by atoms with van der Waals surface area (Å²) in [5, 5.41) is 0.419. The first-order valence-electron chi connectivity index (χ1n) is 5.42. The van der Waals surface area contributed by atoms with Crippen LogP contribution in [0.25, 0.3) is 0 Å². The molecule has 5 heteroatoms. The summed E-state index contributed by atoms with van der Waals surface area (Å²) < 4.78 is 14.0. The van der Waals surface area contributed by atoms with Crippen molar-refractivity contribution in [1.82, 2.24) is 4.98 Å². The Labute approximate surface area is 110 Å². The normalized spacial score (nSPS) is 12.4. The van der Waals surface area contributed by atoms with Gasteiger partial charge in [0.1, 0.15) is 11.6 Å². The number of nitrogen functional groups attached to an aromatic ring is 1. The van der Waals surface area contributed by atoms with Gasteiger partial charge in [-0.15, -0.1) is 0 Å². The first-order chi connectivity index (χ1) is 8.50. The van der Waals surface area contributed by atoms with Gasteiger partial charge in [-0.3, -0.25) is 0 Å². The Morgan fingerprint density at radius 3 is 2.78 bits per heavy atom. The van der Waals surface area contributed by atoms with Crippen molar-refractivity contribution in [2.24, 2.45) is 5.73 Å². The molecule has 0 aliphatic heterocycles. The summed E-state index contributed by atoms with van der Waals surface area (Å²) in [5.41, 5.74) is 13.2. The van der Waals surface area contributed by atoms with Crippen LogP contribution in [-0.4, -0.2) is 4.98 Å². The van der Waals surface area contributed by atoms with Gasteiger partial charge in [-0.05, 0) is 18.6 Å². The number of hydrogen-bond donors (Lipinski definition) is 2. The van der Waals surface area contributed by atoms with Gasteiger partial charge in [0, 0.05) is 17.3 Å². The molecule has 0 aliphatic rings. The van der Waals surface area contributed by atoms with Crippen LogP contribution in [-0.2, 0) is 0 Å². The van der Waals surface area contributed by atoms with Gasteiger partial charge in [0.15, 0.2) is 0 Å². The number of aryl methyl sites for hydroxylation is 1. The fourth-order valence-corrected chi connectivity index (χ4v) is 1.96. The molecule has 0 radical (unpaired) electrons. The largest absolute Gasteiger partial charge is 0.383 e. The molecule has 3 nitrogen and oxygen atoms in total. The summed E-state index contributed by atoms with van der Waals surface area (Å²) in [4.78, 5) is 3.92. The van der Waals surface area contributed by atoms with Gasteiger partial charge >= 0.3 is 0 Å². The van der Waals surface area contributed by atoms with E-state index in [1.54, 1.807) is 31.2 Å². The van der Waals surface area contributed by atoms with E-state index in [0.29, 0.717) is 21.7 Å². The van der Waals surface area contributed by atoms with E-state index < -0.39 is 6.04 Å². The van der Waals surface area contributed by atoms with E-state index in [0.717, 1.165) is 0 Å². The third-order valence-electron chi connectivity index (χ3n) is 2.81. The molecule has 1 unspecified atom stereocenters. The molecule has 2 aromatic rings. The van der Waals surface area contributed by atoms with E-state index in [1.807, 2.05) is 0 Å². The number of nitrogens with zero attached hydrogens (tertiary/aromatic N) is 1. The molecule has 1 aromatic heterocycles. The first kappa shape index (κ1) is 12.8. The molecule has 2 rings (SSSR count). The predicted octanol–water partition coefficient (Wildman–Crippen LogP) is 2.81. The minimum Gasteiger partial charge on any atom is -0.383 e. The van der Waals surface area contributed by atoms with Crippen molar-refractivity contribution in [3.8, 4) is 0 Å². The number of anilines is 1. The van der Waals surface area contributed by atoms with Crippen molar-refractivity contribution < 1.29 is 4.39 Å². The van der Waals surface area contributed by atoms with Crippen LogP contribution < -0.4 is 11.5 Å². The van der Waals surface area contributed by atoms with Gasteiger partial charge in [-0.1, -0.05) is 29.8 Å². The highest BCUT2D eigenvalue weighted by Crippen LogP contribution is 2.28. The van der Waals surface area contributed by atoms with Gasteiger partial charge in [-0.25, -0.2) is 9.37 Å². The predicted molar refractivity (Wildman–Crippen MR) is 70.8 cm³/mol. The van der Waals surface area contributed by atoms with Crippen molar-refractivity contribution >= 4 is 17.4 Å². The first-order valence-corrected chi connectivity index (χ1v) is 5.80. The number of hydrogen-bond acceptors (Lipinski definition) is 3. The maximum Gasteiger partial charge on any atom is 0.131 e. The lowest BCUT2D eigenvalue weighted by atomic mass is 9.98. The SMILES string of the molecule is Cc1cccc(C(N)c2cc(Cl)cnc2N)c1F. The van der Waals surface area contributed by atoms with Gasteiger partial charge in [0.2, 0.25) is 0 Å². The summed E-state index contributed by atoms with van der Waals surface area (Å²) in [7, 11) is 0. The van der Waals surface area contributed by atoms with Crippen LogP contribution in [0.3, 0.4) is 0 Å². The van der Waals surface area contributed by atoms with E-state index >= 15 is 0 Å². The highest BCUT2D eigenvalue weighted by Gasteiger charge is 2.18. The molecule has 0 spiro atoms. The Balaban J connectivity index is 2.51. The summed E-state index contributed by atoms with van der Waals surface area (Å²) in [5.74, 6) is -0.0721. The molecule has 0 amide bonds. The minimum atomic E-state index is -0.684. The zero-order chi connectivity index (χ0) is 13.3. The van der Waals surface area contributed by atoms with Crippen LogP contribution in [0.15, 0.2) is 30.5 Å². The molecule has 0 saturated heterocycles. The molecule has 1 heterocycles. The fraction of sp³-hybridized carbons (Fsp3) is 0.154. The number of nitrogens with two attached hydrogens (primary N) is 2. The maximum absolute atomic E-state index is 14.0. The summed E-state index contributed by atoms with van der Waals surface area (Å²) in [6, 6.07) is 5.99. The summed E-state index contributed by atoms with van der Waals surface area (Å²) in [6.07, 6.45) is 1.43. The minimum absolute atomic E-state index is 0.257. The molecule has 0 saturated carbocycles. The second-order valence-electron chi connectivity index (χ2n) is 4.08. The average molecular weight is 266 g/mol. The highest BCUT2D eigenvalue weighted by atomic mass is 35.5. The van der Waals surface area contributed by atoms with E-state index in [9.17, 15) is 4.39 Å². The van der Waals surface area contributed by atoms with Crippen LogP contribution >= 0.6 is 11.6 Å². The van der Waals surface area contributed by atoms with Crippen molar-refractivity contribution in [3.63, 3.8) is 0 Å². The van der Waals surface area contributed by atoms with Crippen molar-refractivity contribution in [2.75, 3.05) is 5.73 Å². The molecule has 0 aliphatic carbocycles. The average Bonchev–Trinajstić information content (AvgIpc) is 2.35. The summed E-state index contributed by atoms with van der Waals surface area (Å²) >= 11 is 5.85. The Kier molecular flexibility index (Phi) is 3.50. The van der Waals surface area contributed by atoms with Gasteiger partial charge < -0.3 is 11.5 Å². The number of benzene rings is 1. The van der Waals surface area contributed by atoms with Gasteiger partial charge in [0.25, 0.3) is 0 Å². The van der Waals surface area contributed by atoms with Crippen LogP contribution in [0.2, 0.25) is 5.02 Å². The molecule has 18 heavy (non-hydrogen) atoms. The van der Waals surface area contributed by atoms with Crippen molar-refractivity contribution in [3.05, 3.63) is 58.0 Å². The zero-order valence-electron chi connectivity index (χ0n) is 9.82. The Bertz CT molecular complexity index is 584. The van der Waals surface area contributed by atoms with E-state index in [-0.39, 0.29) is 11.6 Å². The summed E-state index contributed by atoms with van der Waals surface area (Å²) in [6.45, 7) is 1.69. The fourth-order valence-electron chi connectivity index (χ4n) is 1.79. The second-order valence-corrected chi connectivity index (χ2v) is 4.52. The maximum atomic E-state index is 14.0. The Morgan fingerprint density at radius 2 is 2.06 bits per heavy atom. The van der Waals surface area contributed by atoms with Crippen LogP contribution in [0.1, 0.15) is 22.7 Å². The topological polar surface area (TPSA) is 64.9 Å². The molecule has 1 aromatic carbocycles. The lowest BCUT2D eigenvalue weighted by Gasteiger charge is -2.16. The standard InChI is InChI=1S/C13H13ClFN3/c1-7-3-2-4-9(11(7)15)12(16)10-5-8(14)6-18-13(10)17/h2-6,12H,16H2,1H3,(H2,17,18). The monoisotopic (exact) mass is 265 g/mol. The molecule has 0 fully saturated rings. The smallest absolute Gasteiger partial charge is 0.131 e. The third-order valence-corrected chi connectivity index (χ3v) is 3.01. The van der Waals surface area contributed by atoms with Crippen molar-refractivity contribution in [2.45, 2.75) is 13.0 Å². The van der Waals surface area contributed by atoms with Crippen LogP contribution in [0, 0.1) is 12.7 Å². The second kappa shape index (κ2) is 4.92. The van der Waals surface area contributed by atoms with Crippen LogP contribution in [0.5, 0.6) is 0 Å². The lowest BCUT2D eigenvalue weighted by molar-refractivity contribution is 0.591. The molecule has 1 atom stereocenters. The van der Waals surface area contributed by atoms with E-state index in [4.69, 9.17) is 23.1 Å². The van der Waals surface area contributed by atoms with Gasteiger partial charge in [0.05, 0.1) is 11.1 Å². The van der Waals surface area contributed by atoms with Gasteiger partial charge in [-0.2, -0.15) is 0 Å². The van der Waals surface area contributed by atoms with E-state index in [2.05, 4.69) is 4.98 Å². The van der Waals surface area contributed by atoms with E-state index in [1.165, 1.54) is 6.20 Å². The number of rotatable bonds is 2. The zero-order valence-corrected chi connectivity index (χ0v) is 10.6. The Morgan fingerprint density at radius 1 is 1.33 bits per heavy atom. The third kappa shape index (κ3) is 2.30. The molecular weight excluding hydrogens is 253 g/mol. The molecule has 0 bridgehead atoms. The number of pyridine rings is 1. The van der Waals surface area contributed by atoms with Crippen LogP contribution in [0.4, 0.5) is 10.2 Å². The number of aromatic nitrogens is 1. The highest BCUT2D eigenvalue weighted by molar-refractivity contribution is 6.30. The quantitative estimate of drug-likeness (QED) is 0.878. The lowest BCUT2D eigenvalue weighted by Crippen LogP contribution is -2.16. The molecule has 4 N–H and O–H groups in total. The van der Waals surface area contributed by atoms with Crippen molar-refractivity contribution in [1.29, 1.82) is 0 Å². The number of halogens is 2. The molecule has 94 valence electrons.